The molecule has 0 aromatic carbocycles. The molecule has 2 heterocycles. The Morgan fingerprint density at radius 3 is 2.70 bits per heavy atom. The summed E-state index contributed by atoms with van der Waals surface area (Å²) in [5, 5.41) is 3.01. The zero-order valence-corrected chi connectivity index (χ0v) is 12.1. The van der Waals surface area contributed by atoms with E-state index in [1.807, 2.05) is 6.92 Å². The van der Waals surface area contributed by atoms with Crippen LogP contribution in [0.25, 0.3) is 0 Å². The molecule has 2 aliphatic rings. The van der Waals surface area contributed by atoms with Crippen LogP contribution >= 0.6 is 11.3 Å². The highest BCUT2D eigenvalue weighted by Crippen LogP contribution is 2.50. The fourth-order valence-corrected chi connectivity index (χ4v) is 3.30. The van der Waals surface area contributed by atoms with Crippen molar-refractivity contribution >= 4 is 29.2 Å². The summed E-state index contributed by atoms with van der Waals surface area (Å²) in [5.41, 5.74) is -0.993. The molecule has 0 bridgehead atoms. The fourth-order valence-electron chi connectivity index (χ4n) is 2.40. The predicted molar refractivity (Wildman–Crippen MR) is 72.0 cm³/mol. The van der Waals surface area contributed by atoms with Crippen LogP contribution in [-0.2, 0) is 16.0 Å². The summed E-state index contributed by atoms with van der Waals surface area (Å²) in [7, 11) is 0. The molecule has 1 aromatic heterocycles. The van der Waals surface area contributed by atoms with Crippen LogP contribution in [0.3, 0.4) is 0 Å². The maximum atomic E-state index is 12.4. The lowest BCUT2D eigenvalue weighted by atomic mass is 10.0. The molecular weight excluding hydrogens is 278 g/mol. The third-order valence-electron chi connectivity index (χ3n) is 3.92. The monoisotopic (exact) mass is 293 g/mol. The minimum absolute atomic E-state index is 0.382. The Labute approximate surface area is 120 Å². The van der Waals surface area contributed by atoms with Crippen molar-refractivity contribution < 1.29 is 14.4 Å². The minimum Gasteiger partial charge on any atom is -0.277 e. The third kappa shape index (κ3) is 1.76. The topological polar surface area (TPSA) is 79.4 Å². The highest BCUT2D eigenvalue weighted by atomic mass is 32.1. The van der Waals surface area contributed by atoms with E-state index in [0.29, 0.717) is 12.8 Å². The molecule has 1 atom stereocenters. The summed E-state index contributed by atoms with van der Waals surface area (Å²) in [6.07, 6.45) is 3.67. The van der Waals surface area contributed by atoms with Crippen molar-refractivity contribution in [3.8, 4) is 0 Å². The summed E-state index contributed by atoms with van der Waals surface area (Å²) < 4.78 is 0. The lowest BCUT2D eigenvalue weighted by Gasteiger charge is -2.33. The highest BCUT2D eigenvalue weighted by molar-refractivity contribution is 7.11. The smallest absolute Gasteiger partial charge is 0.277 e. The van der Waals surface area contributed by atoms with Gasteiger partial charge in [-0.3, -0.25) is 19.8 Å². The van der Waals surface area contributed by atoms with Crippen molar-refractivity contribution in [3.63, 3.8) is 0 Å². The number of urea groups is 1. The second-order valence-corrected chi connectivity index (χ2v) is 6.36. The van der Waals surface area contributed by atoms with E-state index in [2.05, 4.69) is 10.3 Å². The third-order valence-corrected chi connectivity index (χ3v) is 5.23. The number of hydrogen-bond donors (Lipinski definition) is 1. The number of barbiturate groups is 1. The molecule has 1 unspecified atom stereocenters. The lowest BCUT2D eigenvalue weighted by molar-refractivity contribution is -0.146. The van der Waals surface area contributed by atoms with Crippen LogP contribution in [0, 0.1) is 5.41 Å². The maximum Gasteiger partial charge on any atom is 0.331 e. The van der Waals surface area contributed by atoms with E-state index in [9.17, 15) is 14.4 Å². The minimum atomic E-state index is -0.993. The van der Waals surface area contributed by atoms with Crippen molar-refractivity contribution in [2.75, 3.05) is 0 Å². The van der Waals surface area contributed by atoms with E-state index in [0.717, 1.165) is 21.2 Å². The molecule has 1 saturated heterocycles. The van der Waals surface area contributed by atoms with Gasteiger partial charge in [-0.25, -0.2) is 9.78 Å². The van der Waals surface area contributed by atoms with Gasteiger partial charge in [0, 0.05) is 11.1 Å². The Hall–Kier alpha value is -1.76. The Balaban J connectivity index is 1.90. The van der Waals surface area contributed by atoms with Gasteiger partial charge in [-0.1, -0.05) is 6.92 Å². The number of nitrogens with one attached hydrogen (secondary N) is 1. The molecule has 1 aliphatic carbocycles. The average Bonchev–Trinajstić information content (AvgIpc) is 3.08. The number of aryl methyl sites for hydroxylation is 1. The van der Waals surface area contributed by atoms with Gasteiger partial charge in [0.15, 0.2) is 0 Å². The van der Waals surface area contributed by atoms with Gasteiger partial charge in [-0.15, -0.1) is 11.3 Å². The second kappa shape index (κ2) is 4.37. The Morgan fingerprint density at radius 1 is 1.45 bits per heavy atom. The number of nitrogens with zero attached hydrogens (tertiary/aromatic N) is 2. The van der Waals surface area contributed by atoms with E-state index in [4.69, 9.17) is 0 Å². The molecule has 3 rings (SSSR count). The van der Waals surface area contributed by atoms with Gasteiger partial charge >= 0.3 is 6.03 Å². The Morgan fingerprint density at radius 2 is 2.15 bits per heavy atom. The summed E-state index contributed by atoms with van der Waals surface area (Å²) >= 11 is 1.49. The first-order chi connectivity index (χ1) is 9.49. The van der Waals surface area contributed by atoms with Crippen molar-refractivity contribution in [1.82, 2.24) is 15.2 Å². The molecule has 2 fully saturated rings. The van der Waals surface area contributed by atoms with Crippen molar-refractivity contribution in [3.05, 3.63) is 16.1 Å². The van der Waals surface area contributed by atoms with Gasteiger partial charge in [0.25, 0.3) is 0 Å². The largest absolute Gasteiger partial charge is 0.331 e. The number of rotatable bonds is 3. The molecule has 1 spiro atoms. The predicted octanol–water partition coefficient (Wildman–Crippen LogP) is 1.63. The van der Waals surface area contributed by atoms with Gasteiger partial charge in [0.2, 0.25) is 11.8 Å². The number of carbonyl (C=O) groups excluding carboxylic acids is 3. The second-order valence-electron chi connectivity index (χ2n) is 5.21. The molecule has 6 nitrogen and oxygen atoms in total. The number of imide groups is 2. The number of thiazole rings is 1. The van der Waals surface area contributed by atoms with Gasteiger partial charge in [0.05, 0.1) is 6.04 Å². The SMILES string of the molecule is CCc1cnc(C(C)N2C(=O)NC(=O)C3(CC3)C2=O)s1. The van der Waals surface area contributed by atoms with E-state index in [1.165, 1.54) is 11.3 Å². The van der Waals surface area contributed by atoms with E-state index < -0.39 is 23.4 Å². The Kier molecular flexibility index (Phi) is 2.89. The van der Waals surface area contributed by atoms with Crippen LogP contribution in [0.4, 0.5) is 4.79 Å². The van der Waals surface area contributed by atoms with Crippen molar-refractivity contribution in [2.24, 2.45) is 5.41 Å². The highest BCUT2D eigenvalue weighted by Gasteiger charge is 2.63. The molecule has 1 aromatic rings. The van der Waals surface area contributed by atoms with E-state index in [1.54, 1.807) is 13.1 Å². The summed E-state index contributed by atoms with van der Waals surface area (Å²) in [5.74, 6) is -0.837. The molecule has 1 N–H and O–H groups in total. The first-order valence-electron chi connectivity index (χ1n) is 6.63. The van der Waals surface area contributed by atoms with Gasteiger partial charge in [-0.05, 0) is 26.2 Å². The number of hydrogen-bond acceptors (Lipinski definition) is 5. The first kappa shape index (κ1) is 13.2. The molecule has 7 heteroatoms. The zero-order chi connectivity index (χ0) is 14.5. The van der Waals surface area contributed by atoms with E-state index >= 15 is 0 Å². The normalized spacial score (nSPS) is 22.1. The van der Waals surface area contributed by atoms with Crippen LogP contribution in [0.15, 0.2) is 6.20 Å². The molecule has 106 valence electrons. The number of aromatic nitrogens is 1. The van der Waals surface area contributed by atoms with Crippen LogP contribution in [0.1, 0.15) is 42.6 Å². The van der Waals surface area contributed by atoms with Crippen LogP contribution in [0.2, 0.25) is 0 Å². The molecule has 4 amide bonds. The Bertz CT molecular complexity index is 606. The quantitative estimate of drug-likeness (QED) is 0.859. The van der Waals surface area contributed by atoms with Crippen LogP contribution < -0.4 is 5.32 Å². The summed E-state index contributed by atoms with van der Waals surface area (Å²) in [4.78, 5) is 42.7. The van der Waals surface area contributed by atoms with Crippen LogP contribution in [0.5, 0.6) is 0 Å². The zero-order valence-electron chi connectivity index (χ0n) is 11.3. The van der Waals surface area contributed by atoms with Gasteiger partial charge in [0.1, 0.15) is 10.4 Å². The molecule has 0 radical (unpaired) electrons. The standard InChI is InChI=1S/C13H15N3O3S/c1-3-8-6-14-9(20-8)7(2)16-11(18)13(4-5-13)10(17)15-12(16)19/h6-7H,3-5H2,1-2H3,(H,15,17,19). The van der Waals surface area contributed by atoms with Crippen LogP contribution in [-0.4, -0.2) is 27.7 Å². The van der Waals surface area contributed by atoms with Gasteiger partial charge in [-0.2, -0.15) is 0 Å². The molecular formula is C13H15N3O3S. The average molecular weight is 293 g/mol. The summed E-state index contributed by atoms with van der Waals surface area (Å²) in [6.45, 7) is 3.79. The summed E-state index contributed by atoms with van der Waals surface area (Å²) in [6, 6.07) is -1.09. The maximum absolute atomic E-state index is 12.4. The molecule has 1 saturated carbocycles. The first-order valence-corrected chi connectivity index (χ1v) is 7.45. The fraction of sp³-hybridized carbons (Fsp3) is 0.538. The molecule has 20 heavy (non-hydrogen) atoms. The molecule has 1 aliphatic heterocycles. The number of amides is 4. The lowest BCUT2D eigenvalue weighted by Crippen LogP contribution is -2.59. The van der Waals surface area contributed by atoms with E-state index in [-0.39, 0.29) is 5.91 Å². The van der Waals surface area contributed by atoms with Gasteiger partial charge < -0.3 is 0 Å². The van der Waals surface area contributed by atoms with Crippen molar-refractivity contribution in [1.29, 1.82) is 0 Å². The van der Waals surface area contributed by atoms with Crippen molar-refractivity contribution in [2.45, 2.75) is 39.2 Å². The number of carbonyl (C=O) groups is 3.